The van der Waals surface area contributed by atoms with Crippen LogP contribution in [0.4, 0.5) is 0 Å². The zero-order chi connectivity index (χ0) is 27.5. The van der Waals surface area contributed by atoms with E-state index < -0.39 is 24.4 Å². The van der Waals surface area contributed by atoms with E-state index in [9.17, 15) is 20.4 Å². The lowest BCUT2D eigenvalue weighted by Crippen LogP contribution is -3.00. The Labute approximate surface area is 262 Å². The van der Waals surface area contributed by atoms with Crippen molar-refractivity contribution >= 4 is 46.4 Å². The molecule has 8 unspecified atom stereocenters. The quantitative estimate of drug-likeness (QED) is 0.123. The second kappa shape index (κ2) is 20.3. The van der Waals surface area contributed by atoms with E-state index in [1.165, 1.54) is 0 Å². The van der Waals surface area contributed by atoms with Crippen molar-refractivity contribution in [1.29, 1.82) is 0 Å². The van der Waals surface area contributed by atoms with Crippen molar-refractivity contribution in [2.75, 3.05) is 103 Å². The van der Waals surface area contributed by atoms with Crippen molar-refractivity contribution in [3.05, 3.63) is 0 Å². The maximum atomic E-state index is 9.72. The predicted molar refractivity (Wildman–Crippen MR) is 151 cm³/mol. The average molecular weight is 671 g/mol. The summed E-state index contributed by atoms with van der Waals surface area (Å²) >= 11 is 22.6. The molecule has 0 aromatic heterocycles. The molecule has 0 aromatic rings. The molecule has 2 heterocycles. The molecule has 8 atom stereocenters. The molecule has 2 saturated heterocycles. The highest BCUT2D eigenvalue weighted by atomic mass is 35.5. The monoisotopic (exact) mass is 668 g/mol. The van der Waals surface area contributed by atoms with E-state index in [0.717, 1.165) is 48.2 Å². The first kappa shape index (κ1) is 41.6. The minimum atomic E-state index is -0.454. The van der Waals surface area contributed by atoms with E-state index in [1.54, 1.807) is 0 Å². The fourth-order valence-electron chi connectivity index (χ4n) is 5.13. The summed E-state index contributed by atoms with van der Waals surface area (Å²) in [7, 11) is 4.32. The number of piperazine rings is 2. The zero-order valence-electron chi connectivity index (χ0n) is 23.2. The van der Waals surface area contributed by atoms with Crippen LogP contribution in [-0.4, -0.2) is 179 Å². The average Bonchev–Trinajstić information content (AvgIpc) is 2.84. The number of hydrogen-bond donors (Lipinski definition) is 4. The Hall–Kier alpha value is 1.42. The number of likely N-dealkylation sites (N-methyl/N-ethyl adjacent to an activating group) is 2. The van der Waals surface area contributed by atoms with Crippen molar-refractivity contribution < 1.29 is 54.2 Å². The maximum Gasteiger partial charge on any atom is 0.116 e. The fraction of sp³-hybridized carbons (Fsp3) is 1.00. The molecule has 0 radical (unpaired) electrons. The van der Waals surface area contributed by atoms with Crippen LogP contribution in [0.5, 0.6) is 0 Å². The Morgan fingerprint density at radius 1 is 0.632 bits per heavy atom. The molecule has 232 valence electrons. The molecule has 0 bridgehead atoms. The van der Waals surface area contributed by atoms with Gasteiger partial charge in [0.15, 0.2) is 0 Å². The van der Waals surface area contributed by atoms with Gasteiger partial charge < -0.3 is 54.2 Å². The van der Waals surface area contributed by atoms with Gasteiger partial charge in [-0.2, -0.15) is 0 Å². The normalized spacial score (nSPS) is 31.6. The predicted octanol–water partition coefficient (Wildman–Crippen LogP) is -5.32. The van der Waals surface area contributed by atoms with Crippen molar-refractivity contribution in [1.82, 2.24) is 9.80 Å². The minimum absolute atomic E-state index is 0. The molecule has 2 aliphatic heterocycles. The number of halogens is 6. The number of quaternary nitrogens is 2. The largest absolute Gasteiger partial charge is 1.00 e. The first-order chi connectivity index (χ1) is 16.8. The summed E-state index contributed by atoms with van der Waals surface area (Å²) in [4.78, 5) is 4.48. The fourth-order valence-corrected chi connectivity index (χ4v) is 5.52. The summed E-state index contributed by atoms with van der Waals surface area (Å²) in [5, 5.41) is 38.6. The van der Waals surface area contributed by atoms with Crippen molar-refractivity contribution in [2.45, 2.75) is 50.3 Å². The molecule has 2 rings (SSSR count). The van der Waals surface area contributed by atoms with Crippen LogP contribution in [0.1, 0.15) is 13.8 Å². The van der Waals surface area contributed by atoms with E-state index >= 15 is 0 Å². The standard InChI is InChI=1S/2C12H25Cl2N2O2.2ClH/c2*1-10-7-15(8-11(17)5-13)3-4-16(10,2)9-12(18)6-14;;/h2*10-12,17-18H,3-9H2,1-2H3;2*1H/q2*+1;;/p-2. The molecule has 4 N–H and O–H groups in total. The highest BCUT2D eigenvalue weighted by Crippen LogP contribution is 2.20. The van der Waals surface area contributed by atoms with Crippen LogP contribution in [-0.2, 0) is 0 Å². The van der Waals surface area contributed by atoms with Crippen LogP contribution in [0.15, 0.2) is 0 Å². The van der Waals surface area contributed by atoms with Crippen molar-refractivity contribution in [3.8, 4) is 0 Å². The van der Waals surface area contributed by atoms with E-state index in [0.29, 0.717) is 38.3 Å². The van der Waals surface area contributed by atoms with Crippen molar-refractivity contribution in [2.24, 2.45) is 0 Å². The Morgan fingerprint density at radius 2 is 0.921 bits per heavy atom. The molecule has 0 saturated carbocycles. The summed E-state index contributed by atoms with van der Waals surface area (Å²) in [5.41, 5.74) is 0. The highest BCUT2D eigenvalue weighted by molar-refractivity contribution is 6.18. The van der Waals surface area contributed by atoms with Gasteiger partial charge in [0.2, 0.25) is 0 Å². The number of rotatable bonds is 12. The third-order valence-corrected chi connectivity index (χ3v) is 9.36. The van der Waals surface area contributed by atoms with E-state index in [4.69, 9.17) is 46.4 Å². The second-order valence-electron chi connectivity index (χ2n) is 11.2. The van der Waals surface area contributed by atoms with Gasteiger partial charge in [0.1, 0.15) is 25.3 Å². The molecule has 14 heteroatoms. The van der Waals surface area contributed by atoms with Crippen LogP contribution >= 0.6 is 46.4 Å². The second-order valence-corrected chi connectivity index (χ2v) is 12.5. The SMILES string of the molecule is CC1CN(CC(O)CCl)CC[N+]1(C)CC(O)CCl.CC1CN(CC(O)CCl)CC[N+]1(C)CC(O)CCl.[Cl-].[Cl-]. The van der Waals surface area contributed by atoms with Crippen LogP contribution < -0.4 is 24.8 Å². The highest BCUT2D eigenvalue weighted by Gasteiger charge is 2.38. The van der Waals surface area contributed by atoms with Gasteiger partial charge in [-0.05, 0) is 13.8 Å². The molecule has 38 heavy (non-hydrogen) atoms. The molecular formula is C24H50Cl6N4O4. The topological polar surface area (TPSA) is 87.4 Å². The van der Waals surface area contributed by atoms with Crippen LogP contribution in [0, 0.1) is 0 Å². The van der Waals surface area contributed by atoms with Gasteiger partial charge in [0.25, 0.3) is 0 Å². The molecule has 0 amide bonds. The van der Waals surface area contributed by atoms with Gasteiger partial charge in [-0.1, -0.05) is 0 Å². The summed E-state index contributed by atoms with van der Waals surface area (Å²) in [6, 6.07) is 0.832. The summed E-state index contributed by atoms with van der Waals surface area (Å²) in [5.74, 6) is 1.13. The molecule has 0 aromatic carbocycles. The Kier molecular flexibility index (Phi) is 22.3. The molecule has 0 spiro atoms. The third kappa shape index (κ3) is 14.1. The van der Waals surface area contributed by atoms with Gasteiger partial charge in [-0.25, -0.2) is 0 Å². The smallest absolute Gasteiger partial charge is 0.116 e. The molecule has 2 fully saturated rings. The number of hydrogen-bond acceptors (Lipinski definition) is 6. The van der Waals surface area contributed by atoms with Gasteiger partial charge in [0.05, 0.1) is 76.3 Å². The lowest BCUT2D eigenvalue weighted by atomic mass is 10.1. The summed E-state index contributed by atoms with van der Waals surface area (Å²) < 4.78 is 1.67. The third-order valence-electron chi connectivity index (χ3n) is 7.93. The maximum absolute atomic E-state index is 9.72. The lowest BCUT2D eigenvalue weighted by Gasteiger charge is -2.48. The van der Waals surface area contributed by atoms with Crippen LogP contribution in [0.3, 0.4) is 0 Å². The van der Waals surface area contributed by atoms with E-state index in [2.05, 4.69) is 37.7 Å². The number of aliphatic hydroxyl groups is 4. The first-order valence-electron chi connectivity index (χ1n) is 12.9. The summed E-state index contributed by atoms with van der Waals surface area (Å²) in [6.07, 6.45) is -1.80. The van der Waals surface area contributed by atoms with Gasteiger partial charge in [-0.3, -0.25) is 9.80 Å². The Balaban J connectivity index is 0. The van der Waals surface area contributed by atoms with E-state index in [-0.39, 0.29) is 48.3 Å². The molecule has 0 aliphatic carbocycles. The summed E-state index contributed by atoms with van der Waals surface area (Å²) in [6.45, 7) is 12.6. The molecular weight excluding hydrogens is 621 g/mol. The molecule has 8 nitrogen and oxygen atoms in total. The number of β-amino-alcohol motifs (C(OH)–C–C–N with tert-alkyl or cyclic N) is 2. The molecule has 2 aliphatic rings. The van der Waals surface area contributed by atoms with Crippen LogP contribution in [0.2, 0.25) is 0 Å². The lowest BCUT2D eigenvalue weighted by molar-refractivity contribution is -0.938. The van der Waals surface area contributed by atoms with Gasteiger partial charge >= 0.3 is 0 Å². The van der Waals surface area contributed by atoms with Gasteiger partial charge in [0, 0.05) is 37.9 Å². The van der Waals surface area contributed by atoms with Crippen LogP contribution in [0.25, 0.3) is 0 Å². The zero-order valence-corrected chi connectivity index (χ0v) is 27.7. The number of aliphatic hydroxyl groups excluding tert-OH is 4. The Bertz CT molecular complexity index is 572. The number of nitrogens with zero attached hydrogens (tertiary/aromatic N) is 4. The Morgan fingerprint density at radius 3 is 1.16 bits per heavy atom. The minimum Gasteiger partial charge on any atom is -1.00 e. The van der Waals surface area contributed by atoms with E-state index in [1.807, 2.05) is 0 Å². The first-order valence-corrected chi connectivity index (χ1v) is 15.1. The number of alkyl halides is 4. The van der Waals surface area contributed by atoms with Crippen molar-refractivity contribution in [3.63, 3.8) is 0 Å². The van der Waals surface area contributed by atoms with Gasteiger partial charge in [-0.15, -0.1) is 46.4 Å².